The van der Waals surface area contributed by atoms with Gasteiger partial charge in [-0.25, -0.2) is 0 Å². The highest BCUT2D eigenvalue weighted by Gasteiger charge is 2.45. The molecule has 6 nitrogen and oxygen atoms in total. The van der Waals surface area contributed by atoms with Crippen LogP contribution in [0, 0.1) is 22.7 Å². The van der Waals surface area contributed by atoms with Crippen LogP contribution in [0.15, 0.2) is 58.3 Å². The van der Waals surface area contributed by atoms with E-state index in [2.05, 4.69) is 86.3 Å². The average Bonchev–Trinajstić information content (AvgIpc) is 3.56. The first-order valence-corrected chi connectivity index (χ1v) is 14.8. The van der Waals surface area contributed by atoms with Crippen LogP contribution in [-0.2, 0) is 31.9 Å². The van der Waals surface area contributed by atoms with Crippen molar-refractivity contribution in [1.82, 2.24) is 9.80 Å². The van der Waals surface area contributed by atoms with Crippen LogP contribution in [0.25, 0.3) is 0 Å². The largest absolute Gasteiger partial charge is 0.469 e. The first kappa shape index (κ1) is 29.6. The number of likely N-dealkylation sites (tertiary alicyclic amines) is 2. The number of carbonyl (C=O) groups excluding carboxylic acids is 2. The third kappa shape index (κ3) is 6.69. The molecule has 2 fully saturated rings. The van der Waals surface area contributed by atoms with Crippen LogP contribution in [0.1, 0.15) is 37.8 Å². The number of benzene rings is 2. The topological polar surface area (TPSA) is 59.1 Å². The van der Waals surface area contributed by atoms with Gasteiger partial charge in [0.25, 0.3) is 0 Å². The Morgan fingerprint density at radius 1 is 0.795 bits per heavy atom. The lowest BCUT2D eigenvalue weighted by Crippen LogP contribution is -2.40. The van der Waals surface area contributed by atoms with E-state index in [1.54, 1.807) is 11.8 Å². The number of nitrogens with zero attached hydrogens (tertiary/aromatic N) is 2. The van der Waals surface area contributed by atoms with Gasteiger partial charge in [0.2, 0.25) is 0 Å². The summed E-state index contributed by atoms with van der Waals surface area (Å²) in [6.07, 6.45) is 3.32. The van der Waals surface area contributed by atoms with Gasteiger partial charge in [0.15, 0.2) is 0 Å². The summed E-state index contributed by atoms with van der Waals surface area (Å²) in [6, 6.07) is 17.0. The molecule has 0 aromatic heterocycles. The third-order valence-electron chi connectivity index (χ3n) is 9.06. The standard InChI is InChI=1S/C32H44N2O4S/c1-31(29(35)37-5,25-13-15-33(3)21-25)19-23-9-7-11-27(17-23)39-28-12-8-10-24(18-28)20-32(2,30(36)38-6)26-14-16-34(4)22-26/h7-12,17-18,25-26H,13-16,19-22H2,1-6H3. The molecule has 2 aliphatic rings. The van der Waals surface area contributed by atoms with Gasteiger partial charge in [-0.1, -0.05) is 36.0 Å². The Morgan fingerprint density at radius 3 is 1.54 bits per heavy atom. The lowest BCUT2D eigenvalue weighted by Gasteiger charge is -2.33. The highest BCUT2D eigenvalue weighted by atomic mass is 32.2. The van der Waals surface area contributed by atoms with Gasteiger partial charge in [0.1, 0.15) is 0 Å². The smallest absolute Gasteiger partial charge is 0.312 e. The Hall–Kier alpha value is -2.35. The molecule has 0 aliphatic carbocycles. The van der Waals surface area contributed by atoms with E-state index in [0.29, 0.717) is 12.8 Å². The second kappa shape index (κ2) is 12.4. The number of rotatable bonds is 10. The number of hydrogen-bond donors (Lipinski definition) is 0. The van der Waals surface area contributed by atoms with E-state index in [9.17, 15) is 9.59 Å². The van der Waals surface area contributed by atoms with Crippen molar-refractivity contribution in [2.45, 2.75) is 49.3 Å². The fourth-order valence-corrected chi connectivity index (χ4v) is 7.55. The van der Waals surface area contributed by atoms with Crippen LogP contribution >= 0.6 is 11.8 Å². The van der Waals surface area contributed by atoms with Crippen molar-refractivity contribution < 1.29 is 19.1 Å². The molecule has 0 bridgehead atoms. The highest BCUT2D eigenvalue weighted by Crippen LogP contribution is 2.41. The van der Waals surface area contributed by atoms with E-state index in [1.165, 1.54) is 14.2 Å². The maximum absolute atomic E-state index is 13.0. The van der Waals surface area contributed by atoms with Crippen molar-refractivity contribution in [3.8, 4) is 0 Å². The lowest BCUT2D eigenvalue weighted by molar-refractivity contribution is -0.155. The van der Waals surface area contributed by atoms with Gasteiger partial charge in [0.05, 0.1) is 25.0 Å². The van der Waals surface area contributed by atoms with Gasteiger partial charge in [-0.3, -0.25) is 9.59 Å². The summed E-state index contributed by atoms with van der Waals surface area (Å²) in [6.45, 7) is 7.97. The van der Waals surface area contributed by atoms with Gasteiger partial charge in [0, 0.05) is 22.9 Å². The molecule has 2 aromatic carbocycles. The lowest BCUT2D eigenvalue weighted by atomic mass is 9.72. The molecule has 4 unspecified atom stereocenters. The van der Waals surface area contributed by atoms with E-state index >= 15 is 0 Å². The monoisotopic (exact) mass is 552 g/mol. The fourth-order valence-electron chi connectivity index (χ4n) is 6.56. The van der Waals surface area contributed by atoms with Crippen LogP contribution in [0.4, 0.5) is 0 Å². The van der Waals surface area contributed by atoms with Gasteiger partial charge < -0.3 is 19.3 Å². The van der Waals surface area contributed by atoms with Crippen molar-refractivity contribution in [3.63, 3.8) is 0 Å². The number of hydrogen-bond acceptors (Lipinski definition) is 7. The predicted molar refractivity (Wildman–Crippen MR) is 156 cm³/mol. The predicted octanol–water partition coefficient (Wildman–Crippen LogP) is 5.18. The fraction of sp³-hybridized carbons (Fsp3) is 0.562. The number of esters is 2. The summed E-state index contributed by atoms with van der Waals surface area (Å²) in [5.41, 5.74) is 1.16. The molecule has 212 valence electrons. The summed E-state index contributed by atoms with van der Waals surface area (Å²) in [5, 5.41) is 0. The molecule has 4 atom stereocenters. The van der Waals surface area contributed by atoms with E-state index in [4.69, 9.17) is 9.47 Å². The highest BCUT2D eigenvalue weighted by molar-refractivity contribution is 7.99. The molecule has 7 heteroatoms. The number of carbonyl (C=O) groups is 2. The third-order valence-corrected chi connectivity index (χ3v) is 10.0. The Balaban J connectivity index is 1.51. The molecule has 2 heterocycles. The summed E-state index contributed by atoms with van der Waals surface area (Å²) >= 11 is 1.71. The van der Waals surface area contributed by atoms with E-state index < -0.39 is 10.8 Å². The summed E-state index contributed by atoms with van der Waals surface area (Å²) in [5.74, 6) is 0.282. The van der Waals surface area contributed by atoms with Crippen molar-refractivity contribution in [1.29, 1.82) is 0 Å². The minimum atomic E-state index is -0.560. The van der Waals surface area contributed by atoms with Gasteiger partial charge >= 0.3 is 11.9 Å². The van der Waals surface area contributed by atoms with Crippen molar-refractivity contribution in [2.75, 3.05) is 54.5 Å². The summed E-state index contributed by atoms with van der Waals surface area (Å²) < 4.78 is 10.6. The minimum Gasteiger partial charge on any atom is -0.469 e. The van der Waals surface area contributed by atoms with E-state index in [-0.39, 0.29) is 23.8 Å². The second-order valence-corrected chi connectivity index (χ2v) is 13.2. The molecule has 0 radical (unpaired) electrons. The molecular weight excluding hydrogens is 508 g/mol. The molecule has 0 N–H and O–H groups in total. The Bertz CT molecular complexity index is 1080. The van der Waals surface area contributed by atoms with E-state index in [0.717, 1.165) is 59.9 Å². The van der Waals surface area contributed by atoms with Gasteiger partial charge in [-0.05, 0) is 114 Å². The average molecular weight is 553 g/mol. The van der Waals surface area contributed by atoms with Crippen LogP contribution in [0.3, 0.4) is 0 Å². The zero-order valence-corrected chi connectivity index (χ0v) is 25.2. The van der Waals surface area contributed by atoms with Crippen molar-refractivity contribution in [2.24, 2.45) is 22.7 Å². The SMILES string of the molecule is COC(=O)C(C)(Cc1cccc(Sc2cccc(CC(C)(C(=O)OC)C3CCN(C)C3)c2)c1)C1CCN(C)C1. The molecule has 39 heavy (non-hydrogen) atoms. The van der Waals surface area contributed by atoms with Crippen LogP contribution in [-0.4, -0.2) is 76.2 Å². The Kier molecular flexibility index (Phi) is 9.45. The maximum atomic E-state index is 13.0. The maximum Gasteiger partial charge on any atom is 0.312 e. The van der Waals surface area contributed by atoms with Crippen LogP contribution in [0.5, 0.6) is 0 Å². The van der Waals surface area contributed by atoms with Crippen LogP contribution in [0.2, 0.25) is 0 Å². The quantitative estimate of drug-likeness (QED) is 0.376. The zero-order chi connectivity index (χ0) is 28.2. The van der Waals surface area contributed by atoms with E-state index in [1.807, 2.05) is 0 Å². The Morgan fingerprint density at radius 2 is 1.21 bits per heavy atom. The minimum absolute atomic E-state index is 0.129. The molecule has 0 amide bonds. The zero-order valence-electron chi connectivity index (χ0n) is 24.4. The molecule has 2 aromatic rings. The molecule has 4 rings (SSSR count). The van der Waals surface area contributed by atoms with Crippen molar-refractivity contribution in [3.05, 3.63) is 59.7 Å². The van der Waals surface area contributed by atoms with Gasteiger partial charge in [-0.2, -0.15) is 0 Å². The molecule has 2 saturated heterocycles. The number of methoxy groups -OCH3 is 2. The first-order chi connectivity index (χ1) is 18.6. The summed E-state index contributed by atoms with van der Waals surface area (Å²) in [7, 11) is 7.22. The molecule has 0 saturated carbocycles. The first-order valence-electron chi connectivity index (χ1n) is 14.0. The molecule has 2 aliphatic heterocycles. The second-order valence-electron chi connectivity index (χ2n) is 12.1. The molecular formula is C32H44N2O4S. The normalized spacial score (nSPS) is 23.2. The van der Waals surface area contributed by atoms with Crippen LogP contribution < -0.4 is 0 Å². The van der Waals surface area contributed by atoms with Crippen molar-refractivity contribution >= 4 is 23.7 Å². The Labute approximate surface area is 238 Å². The van der Waals surface area contributed by atoms with Gasteiger partial charge in [-0.15, -0.1) is 0 Å². The summed E-state index contributed by atoms with van der Waals surface area (Å²) in [4.78, 5) is 32.8. The molecule has 0 spiro atoms. The number of ether oxygens (including phenoxy) is 2.